The van der Waals surface area contributed by atoms with E-state index in [1.807, 2.05) is 55.5 Å². The number of hydrogen-bond donors (Lipinski definition) is 0. The smallest absolute Gasteiger partial charge is 0.243 e. The average Bonchev–Trinajstić information content (AvgIpc) is 2.80. The largest absolute Gasteiger partial charge is 0.296 e. The SMILES string of the molecule is Cc1ccc(S(=O)(=O)N2CCN(Cc3ccc(-c4ccccc4C#N)cc3)CC2)cc1. The van der Waals surface area contributed by atoms with E-state index in [9.17, 15) is 13.7 Å². The zero-order chi connectivity index (χ0) is 21.8. The van der Waals surface area contributed by atoms with E-state index in [0.717, 1.165) is 23.2 Å². The standard InChI is InChI=1S/C25H25N3O2S/c1-20-6-12-24(13-7-20)31(29,30)28-16-14-27(15-17-28)19-21-8-10-22(11-9-21)25-5-3-2-4-23(25)18-26/h2-13H,14-17,19H2,1H3. The first-order chi connectivity index (χ1) is 15.0. The molecule has 1 saturated heterocycles. The molecular weight excluding hydrogens is 406 g/mol. The van der Waals surface area contributed by atoms with Crippen molar-refractivity contribution in [3.63, 3.8) is 0 Å². The summed E-state index contributed by atoms with van der Waals surface area (Å²) in [7, 11) is -3.44. The topological polar surface area (TPSA) is 64.4 Å². The van der Waals surface area contributed by atoms with E-state index in [2.05, 4.69) is 23.1 Å². The third-order valence-corrected chi connectivity index (χ3v) is 7.62. The van der Waals surface area contributed by atoms with Crippen LogP contribution in [-0.4, -0.2) is 43.8 Å². The Kier molecular flexibility index (Phi) is 6.19. The molecule has 0 atom stereocenters. The lowest BCUT2D eigenvalue weighted by molar-refractivity contribution is 0.181. The van der Waals surface area contributed by atoms with Gasteiger partial charge >= 0.3 is 0 Å². The highest BCUT2D eigenvalue weighted by atomic mass is 32.2. The second-order valence-corrected chi connectivity index (χ2v) is 9.79. The van der Waals surface area contributed by atoms with E-state index in [1.54, 1.807) is 16.4 Å². The number of nitriles is 1. The molecule has 1 fully saturated rings. The van der Waals surface area contributed by atoms with Crippen LogP contribution in [0.15, 0.2) is 77.7 Å². The van der Waals surface area contributed by atoms with Crippen LogP contribution < -0.4 is 0 Å². The molecule has 3 aromatic rings. The second kappa shape index (κ2) is 9.03. The summed E-state index contributed by atoms with van der Waals surface area (Å²) in [6.07, 6.45) is 0. The maximum absolute atomic E-state index is 12.9. The number of piperazine rings is 1. The van der Waals surface area contributed by atoms with Gasteiger partial charge in [-0.25, -0.2) is 8.42 Å². The monoisotopic (exact) mass is 431 g/mol. The molecule has 0 radical (unpaired) electrons. The summed E-state index contributed by atoms with van der Waals surface area (Å²) >= 11 is 0. The van der Waals surface area contributed by atoms with Crippen molar-refractivity contribution in [3.8, 4) is 17.2 Å². The van der Waals surface area contributed by atoms with Crippen LogP contribution in [0.25, 0.3) is 11.1 Å². The number of nitrogens with zero attached hydrogens (tertiary/aromatic N) is 3. The first kappa shape index (κ1) is 21.3. The molecule has 1 aliphatic heterocycles. The Hall–Kier alpha value is -2.98. The van der Waals surface area contributed by atoms with E-state index < -0.39 is 10.0 Å². The van der Waals surface area contributed by atoms with Crippen molar-refractivity contribution in [2.45, 2.75) is 18.4 Å². The fourth-order valence-electron chi connectivity index (χ4n) is 3.87. The van der Waals surface area contributed by atoms with E-state index in [-0.39, 0.29) is 0 Å². The number of hydrogen-bond acceptors (Lipinski definition) is 4. The first-order valence-electron chi connectivity index (χ1n) is 10.3. The lowest BCUT2D eigenvalue weighted by atomic mass is 9.99. The maximum atomic E-state index is 12.9. The lowest BCUT2D eigenvalue weighted by Crippen LogP contribution is -2.48. The molecular formula is C25H25N3O2S. The van der Waals surface area contributed by atoms with Gasteiger partial charge < -0.3 is 0 Å². The van der Waals surface area contributed by atoms with Crippen LogP contribution in [0.4, 0.5) is 0 Å². The Balaban J connectivity index is 1.38. The lowest BCUT2D eigenvalue weighted by Gasteiger charge is -2.34. The van der Waals surface area contributed by atoms with Gasteiger partial charge in [-0.15, -0.1) is 0 Å². The Morgan fingerprint density at radius 2 is 1.52 bits per heavy atom. The molecule has 0 aromatic heterocycles. The van der Waals surface area contributed by atoms with Gasteiger partial charge in [-0.3, -0.25) is 4.90 Å². The van der Waals surface area contributed by atoms with Crippen LogP contribution in [0.1, 0.15) is 16.7 Å². The molecule has 3 aromatic carbocycles. The maximum Gasteiger partial charge on any atom is 0.243 e. The number of benzene rings is 3. The molecule has 5 nitrogen and oxygen atoms in total. The molecule has 1 aliphatic rings. The van der Waals surface area contributed by atoms with Crippen LogP contribution in [0.2, 0.25) is 0 Å². The number of sulfonamides is 1. The van der Waals surface area contributed by atoms with Gasteiger partial charge in [0.25, 0.3) is 0 Å². The van der Waals surface area contributed by atoms with Gasteiger partial charge in [-0.1, -0.05) is 60.2 Å². The predicted molar refractivity (Wildman–Crippen MR) is 122 cm³/mol. The Labute approximate surface area is 184 Å². The fourth-order valence-corrected chi connectivity index (χ4v) is 5.29. The molecule has 158 valence electrons. The molecule has 31 heavy (non-hydrogen) atoms. The van der Waals surface area contributed by atoms with Gasteiger partial charge in [0.15, 0.2) is 0 Å². The minimum atomic E-state index is -3.44. The van der Waals surface area contributed by atoms with Crippen LogP contribution in [0.3, 0.4) is 0 Å². The Bertz CT molecular complexity index is 1190. The third kappa shape index (κ3) is 4.70. The molecule has 0 bridgehead atoms. The van der Waals surface area contributed by atoms with E-state index in [1.165, 1.54) is 5.56 Å². The zero-order valence-electron chi connectivity index (χ0n) is 17.5. The first-order valence-corrected chi connectivity index (χ1v) is 11.8. The molecule has 0 N–H and O–H groups in total. The molecule has 0 saturated carbocycles. The second-order valence-electron chi connectivity index (χ2n) is 7.85. The minimum Gasteiger partial charge on any atom is -0.296 e. The van der Waals surface area contributed by atoms with Gasteiger partial charge in [0.05, 0.1) is 16.5 Å². The quantitative estimate of drug-likeness (QED) is 0.612. The highest BCUT2D eigenvalue weighted by Gasteiger charge is 2.28. The molecule has 4 rings (SSSR count). The minimum absolute atomic E-state index is 0.361. The summed E-state index contributed by atoms with van der Waals surface area (Å²) < 4.78 is 27.3. The zero-order valence-corrected chi connectivity index (χ0v) is 18.3. The van der Waals surface area contributed by atoms with Crippen LogP contribution in [0, 0.1) is 18.3 Å². The van der Waals surface area contributed by atoms with E-state index in [4.69, 9.17) is 0 Å². The van der Waals surface area contributed by atoms with Crippen molar-refractivity contribution in [3.05, 3.63) is 89.5 Å². The van der Waals surface area contributed by atoms with Gasteiger partial charge in [0, 0.05) is 32.7 Å². The summed E-state index contributed by atoms with van der Waals surface area (Å²) in [6, 6.07) is 25.1. The average molecular weight is 432 g/mol. The van der Waals surface area contributed by atoms with Crippen molar-refractivity contribution in [1.29, 1.82) is 5.26 Å². The van der Waals surface area contributed by atoms with E-state index >= 15 is 0 Å². The molecule has 0 amide bonds. The van der Waals surface area contributed by atoms with Crippen LogP contribution in [0.5, 0.6) is 0 Å². The normalized spacial score (nSPS) is 15.5. The summed E-state index contributed by atoms with van der Waals surface area (Å²) in [5.74, 6) is 0. The number of aryl methyl sites for hydroxylation is 1. The molecule has 6 heteroatoms. The number of rotatable bonds is 5. The van der Waals surface area contributed by atoms with Crippen LogP contribution in [-0.2, 0) is 16.6 Å². The van der Waals surface area contributed by atoms with E-state index in [0.29, 0.717) is 36.6 Å². The Morgan fingerprint density at radius 3 is 2.16 bits per heavy atom. The molecule has 0 spiro atoms. The summed E-state index contributed by atoms with van der Waals surface area (Å²) in [6.45, 7) is 5.10. The highest BCUT2D eigenvalue weighted by Crippen LogP contribution is 2.24. The van der Waals surface area contributed by atoms with Crippen molar-refractivity contribution in [2.24, 2.45) is 0 Å². The van der Waals surface area contributed by atoms with Crippen molar-refractivity contribution < 1.29 is 8.42 Å². The fraction of sp³-hybridized carbons (Fsp3) is 0.240. The van der Waals surface area contributed by atoms with Gasteiger partial charge in [0.1, 0.15) is 0 Å². The van der Waals surface area contributed by atoms with Crippen molar-refractivity contribution in [2.75, 3.05) is 26.2 Å². The Morgan fingerprint density at radius 1 is 0.871 bits per heavy atom. The molecule has 0 aliphatic carbocycles. The van der Waals surface area contributed by atoms with Gasteiger partial charge in [0.2, 0.25) is 10.0 Å². The predicted octanol–water partition coefficient (Wildman–Crippen LogP) is 4.04. The summed E-state index contributed by atoms with van der Waals surface area (Å²) in [5, 5.41) is 9.31. The van der Waals surface area contributed by atoms with Gasteiger partial charge in [-0.05, 0) is 41.8 Å². The highest BCUT2D eigenvalue weighted by molar-refractivity contribution is 7.89. The third-order valence-electron chi connectivity index (χ3n) is 5.71. The molecule has 1 heterocycles. The van der Waals surface area contributed by atoms with Gasteiger partial charge in [-0.2, -0.15) is 9.57 Å². The van der Waals surface area contributed by atoms with Crippen molar-refractivity contribution >= 4 is 10.0 Å². The van der Waals surface area contributed by atoms with Crippen LogP contribution >= 0.6 is 0 Å². The molecule has 0 unspecified atom stereocenters. The van der Waals surface area contributed by atoms with Crippen molar-refractivity contribution in [1.82, 2.24) is 9.21 Å². The summed E-state index contributed by atoms with van der Waals surface area (Å²) in [5.41, 5.74) is 4.85. The summed E-state index contributed by atoms with van der Waals surface area (Å²) in [4.78, 5) is 2.64.